The van der Waals surface area contributed by atoms with E-state index in [1.165, 1.54) is 4.57 Å². The summed E-state index contributed by atoms with van der Waals surface area (Å²) in [5.74, 6) is 0.270. The number of hydrogen-bond acceptors (Lipinski definition) is 3. The van der Waals surface area contributed by atoms with E-state index in [1.54, 1.807) is 49.4 Å². The first-order valence-electron chi connectivity index (χ1n) is 8.79. The molecule has 0 fully saturated rings. The maximum absolute atomic E-state index is 13.0. The zero-order valence-electron chi connectivity index (χ0n) is 15.3. The minimum absolute atomic E-state index is 0.176. The predicted octanol–water partition coefficient (Wildman–Crippen LogP) is 5.20. The summed E-state index contributed by atoms with van der Waals surface area (Å²) in [4.78, 5) is 30.1. The first kappa shape index (κ1) is 19.6. The van der Waals surface area contributed by atoms with Gasteiger partial charge in [-0.15, -0.1) is 0 Å². The average Bonchev–Trinajstić information content (AvgIpc) is 2.71. The highest BCUT2D eigenvalue weighted by Crippen LogP contribution is 2.26. The number of nitrogens with one attached hydrogen (secondary N) is 1. The molecule has 0 aliphatic carbocycles. The van der Waals surface area contributed by atoms with Crippen molar-refractivity contribution in [1.82, 2.24) is 9.55 Å². The molecular formula is C22H15ClIN3O2. The van der Waals surface area contributed by atoms with Crippen LogP contribution >= 0.6 is 34.2 Å². The van der Waals surface area contributed by atoms with Crippen molar-refractivity contribution in [3.05, 3.63) is 97.1 Å². The van der Waals surface area contributed by atoms with Crippen LogP contribution in [0.4, 0.5) is 5.69 Å². The van der Waals surface area contributed by atoms with E-state index >= 15 is 0 Å². The number of nitrogens with zero attached hydrogens (tertiary/aromatic N) is 2. The number of carbonyl (C=O) groups excluding carboxylic acids is 1. The van der Waals surface area contributed by atoms with Crippen LogP contribution in [0, 0.1) is 10.5 Å². The van der Waals surface area contributed by atoms with Crippen LogP contribution < -0.4 is 10.9 Å². The number of carbonyl (C=O) groups is 1. The summed E-state index contributed by atoms with van der Waals surface area (Å²) < 4.78 is 2.55. The second-order valence-corrected chi connectivity index (χ2v) is 8.09. The first-order chi connectivity index (χ1) is 13.9. The monoisotopic (exact) mass is 515 g/mol. The third-order valence-electron chi connectivity index (χ3n) is 4.51. The molecule has 0 saturated carbocycles. The Morgan fingerprint density at radius 2 is 1.79 bits per heavy atom. The van der Waals surface area contributed by atoms with Gasteiger partial charge in [-0.2, -0.15) is 0 Å². The van der Waals surface area contributed by atoms with Gasteiger partial charge in [-0.05, 0) is 84.1 Å². The highest BCUT2D eigenvalue weighted by molar-refractivity contribution is 14.1. The lowest BCUT2D eigenvalue weighted by Crippen LogP contribution is -2.22. The van der Waals surface area contributed by atoms with Gasteiger partial charge in [0.25, 0.3) is 11.5 Å². The standard InChI is InChI=1S/C22H15ClIN3O2/c1-13-25-19-5-3-2-4-17(19)22(29)27(13)16-10-11-18(23)20(12-16)26-21(28)14-6-8-15(24)9-7-14/h2-12H,1H3,(H,26,28). The second kappa shape index (κ2) is 7.96. The molecule has 0 bridgehead atoms. The van der Waals surface area contributed by atoms with Crippen LogP contribution in [-0.2, 0) is 0 Å². The van der Waals surface area contributed by atoms with Crippen molar-refractivity contribution < 1.29 is 4.79 Å². The molecule has 5 nitrogen and oxygen atoms in total. The Morgan fingerprint density at radius 3 is 2.55 bits per heavy atom. The topological polar surface area (TPSA) is 64.0 Å². The summed E-state index contributed by atoms with van der Waals surface area (Å²) in [5.41, 5.74) is 1.99. The van der Waals surface area contributed by atoms with Gasteiger partial charge in [0.05, 0.1) is 27.3 Å². The van der Waals surface area contributed by atoms with Crippen molar-refractivity contribution >= 4 is 56.7 Å². The van der Waals surface area contributed by atoms with Gasteiger partial charge < -0.3 is 5.32 Å². The number of rotatable bonds is 3. The Bertz CT molecular complexity index is 1300. The maximum Gasteiger partial charge on any atom is 0.265 e. The van der Waals surface area contributed by atoms with Gasteiger partial charge in [0.2, 0.25) is 0 Å². The molecular weight excluding hydrogens is 501 g/mol. The number of hydrogen-bond donors (Lipinski definition) is 1. The number of para-hydroxylation sites is 1. The molecule has 1 heterocycles. The van der Waals surface area contributed by atoms with Crippen molar-refractivity contribution in [2.45, 2.75) is 6.92 Å². The molecule has 7 heteroatoms. The van der Waals surface area contributed by atoms with Gasteiger partial charge in [-0.1, -0.05) is 23.7 Å². The summed E-state index contributed by atoms with van der Waals surface area (Å²) >= 11 is 8.48. The minimum atomic E-state index is -0.277. The lowest BCUT2D eigenvalue weighted by Gasteiger charge is -2.14. The van der Waals surface area contributed by atoms with E-state index in [0.29, 0.717) is 38.7 Å². The molecule has 4 aromatic rings. The largest absolute Gasteiger partial charge is 0.321 e. The molecule has 3 aromatic carbocycles. The summed E-state index contributed by atoms with van der Waals surface area (Å²) in [5, 5.41) is 3.73. The van der Waals surface area contributed by atoms with E-state index in [4.69, 9.17) is 11.6 Å². The fraction of sp³-hybridized carbons (Fsp3) is 0.0455. The van der Waals surface area contributed by atoms with Gasteiger partial charge in [0.1, 0.15) is 5.82 Å². The van der Waals surface area contributed by atoms with Crippen LogP contribution in [-0.4, -0.2) is 15.5 Å². The molecule has 0 aliphatic rings. The number of aryl methyl sites for hydroxylation is 1. The second-order valence-electron chi connectivity index (χ2n) is 6.44. The maximum atomic E-state index is 13.0. The molecule has 0 spiro atoms. The number of aromatic nitrogens is 2. The van der Waals surface area contributed by atoms with E-state index in [1.807, 2.05) is 24.3 Å². The van der Waals surface area contributed by atoms with Crippen LogP contribution in [0.15, 0.2) is 71.5 Å². The summed E-state index contributed by atoms with van der Waals surface area (Å²) in [6.45, 7) is 1.77. The van der Waals surface area contributed by atoms with Crippen LogP contribution in [0.5, 0.6) is 0 Å². The molecule has 0 saturated heterocycles. The summed E-state index contributed by atoms with van der Waals surface area (Å²) in [6.07, 6.45) is 0. The molecule has 1 amide bonds. The molecule has 1 N–H and O–H groups in total. The number of fused-ring (bicyclic) bond motifs is 1. The smallest absolute Gasteiger partial charge is 0.265 e. The van der Waals surface area contributed by atoms with Crippen molar-refractivity contribution in [3.63, 3.8) is 0 Å². The van der Waals surface area contributed by atoms with E-state index in [-0.39, 0.29) is 11.5 Å². The Balaban J connectivity index is 1.76. The van der Waals surface area contributed by atoms with E-state index in [9.17, 15) is 9.59 Å². The van der Waals surface area contributed by atoms with Gasteiger partial charge in [0, 0.05) is 9.13 Å². The van der Waals surface area contributed by atoms with Crippen molar-refractivity contribution in [2.24, 2.45) is 0 Å². The van der Waals surface area contributed by atoms with Gasteiger partial charge in [-0.25, -0.2) is 4.98 Å². The lowest BCUT2D eigenvalue weighted by molar-refractivity contribution is 0.102. The molecule has 144 valence electrons. The molecule has 0 atom stereocenters. The summed E-state index contributed by atoms with van der Waals surface area (Å²) in [7, 11) is 0. The molecule has 0 aliphatic heterocycles. The number of halogens is 2. The zero-order chi connectivity index (χ0) is 20.5. The van der Waals surface area contributed by atoms with Gasteiger partial charge in [-0.3, -0.25) is 14.2 Å². The molecule has 4 rings (SSSR count). The Kier molecular flexibility index (Phi) is 5.38. The zero-order valence-corrected chi connectivity index (χ0v) is 18.2. The Hall–Kier alpha value is -2.71. The lowest BCUT2D eigenvalue weighted by atomic mass is 10.2. The fourth-order valence-corrected chi connectivity index (χ4v) is 3.62. The highest BCUT2D eigenvalue weighted by atomic mass is 127. The number of benzene rings is 3. The van der Waals surface area contributed by atoms with Crippen LogP contribution in [0.25, 0.3) is 16.6 Å². The van der Waals surface area contributed by atoms with Gasteiger partial charge in [0.15, 0.2) is 0 Å². The van der Waals surface area contributed by atoms with Crippen LogP contribution in [0.2, 0.25) is 5.02 Å². The highest BCUT2D eigenvalue weighted by Gasteiger charge is 2.13. The predicted molar refractivity (Wildman–Crippen MR) is 124 cm³/mol. The van der Waals surface area contributed by atoms with Crippen LogP contribution in [0.3, 0.4) is 0 Å². The van der Waals surface area contributed by atoms with E-state index in [2.05, 4.69) is 32.9 Å². The first-order valence-corrected chi connectivity index (χ1v) is 10.2. The van der Waals surface area contributed by atoms with Crippen LogP contribution in [0.1, 0.15) is 16.2 Å². The SMILES string of the molecule is Cc1nc2ccccc2c(=O)n1-c1ccc(Cl)c(NC(=O)c2ccc(I)cc2)c1. The van der Waals surface area contributed by atoms with Gasteiger partial charge >= 0.3 is 0 Å². The van der Waals surface area contributed by atoms with Crippen molar-refractivity contribution in [2.75, 3.05) is 5.32 Å². The minimum Gasteiger partial charge on any atom is -0.321 e. The quantitative estimate of drug-likeness (QED) is 0.381. The third kappa shape index (κ3) is 3.90. The molecule has 0 unspecified atom stereocenters. The number of anilines is 1. The molecule has 1 aromatic heterocycles. The fourth-order valence-electron chi connectivity index (χ4n) is 3.09. The van der Waals surface area contributed by atoms with Crippen molar-refractivity contribution in [3.8, 4) is 5.69 Å². The van der Waals surface area contributed by atoms with Crippen molar-refractivity contribution in [1.29, 1.82) is 0 Å². The molecule has 0 radical (unpaired) electrons. The number of amides is 1. The molecule has 29 heavy (non-hydrogen) atoms. The van der Waals surface area contributed by atoms with E-state index in [0.717, 1.165) is 3.57 Å². The Labute approximate surface area is 185 Å². The summed E-state index contributed by atoms with van der Waals surface area (Å²) in [6, 6.07) is 19.5. The van der Waals surface area contributed by atoms with E-state index < -0.39 is 0 Å². The normalized spacial score (nSPS) is 10.9. The third-order valence-corrected chi connectivity index (χ3v) is 5.55. The Morgan fingerprint density at radius 1 is 1.07 bits per heavy atom. The average molecular weight is 516 g/mol.